The van der Waals surface area contributed by atoms with E-state index in [-0.39, 0.29) is 11.9 Å². The summed E-state index contributed by atoms with van der Waals surface area (Å²) in [5, 5.41) is 16.5. The smallest absolute Gasteiger partial charge is 0.237 e. The lowest BCUT2D eigenvalue weighted by Crippen LogP contribution is -2.41. The number of H-pyrrole nitrogens is 1. The van der Waals surface area contributed by atoms with Crippen molar-refractivity contribution in [1.29, 1.82) is 0 Å². The van der Waals surface area contributed by atoms with Crippen molar-refractivity contribution in [2.24, 2.45) is 0 Å². The van der Waals surface area contributed by atoms with Crippen LogP contribution in [0, 0.1) is 0 Å². The van der Waals surface area contributed by atoms with Gasteiger partial charge < -0.3 is 20.7 Å². The third-order valence-corrected chi connectivity index (χ3v) is 3.79. The lowest BCUT2D eigenvalue weighted by molar-refractivity contribution is -0.122. The lowest BCUT2D eigenvalue weighted by Gasteiger charge is -2.10. The maximum absolute atomic E-state index is 11.9. The first-order valence-corrected chi connectivity index (χ1v) is 6.98. The molecule has 1 aliphatic heterocycles. The Labute approximate surface area is 117 Å². The number of para-hydroxylation sites is 1. The van der Waals surface area contributed by atoms with Gasteiger partial charge in [0.2, 0.25) is 5.91 Å². The molecule has 0 spiro atoms. The second-order valence-electron chi connectivity index (χ2n) is 5.25. The van der Waals surface area contributed by atoms with E-state index in [0.29, 0.717) is 19.5 Å². The molecule has 1 amide bonds. The van der Waals surface area contributed by atoms with Crippen molar-refractivity contribution >= 4 is 16.8 Å². The van der Waals surface area contributed by atoms with E-state index in [4.69, 9.17) is 0 Å². The minimum Gasteiger partial charge on any atom is -0.392 e. The maximum Gasteiger partial charge on any atom is 0.237 e. The minimum absolute atomic E-state index is 0.0265. The number of β-amino-alcohol motifs (C(OH)–C–C–N with tert-alkyl or cyclic N) is 1. The normalized spacial score (nSPS) is 22.2. The number of rotatable bonds is 4. The van der Waals surface area contributed by atoms with E-state index in [2.05, 4.69) is 21.7 Å². The highest BCUT2D eigenvalue weighted by atomic mass is 16.3. The van der Waals surface area contributed by atoms with Gasteiger partial charge in [0.1, 0.15) is 0 Å². The molecule has 1 saturated heterocycles. The number of hydrogen-bond donors (Lipinski definition) is 4. The molecule has 0 unspecified atom stereocenters. The zero-order chi connectivity index (χ0) is 13.9. The molecule has 2 heterocycles. The molecule has 0 bridgehead atoms. The SMILES string of the molecule is O=C(NCCc1c[nH]c2ccccc12)[C@H]1C[C@H](O)CN1. The molecule has 4 N–H and O–H groups in total. The fourth-order valence-corrected chi connectivity index (χ4v) is 2.70. The Bertz CT molecular complexity index is 608. The standard InChI is InChI=1S/C15H19N3O2/c19-11-7-14(18-9-11)15(20)16-6-5-10-8-17-13-4-2-1-3-12(10)13/h1-4,8,11,14,17-19H,5-7,9H2,(H,16,20)/t11-,14+/m0/s1. The number of aliphatic hydroxyl groups excluding tert-OH is 1. The number of carbonyl (C=O) groups is 1. The van der Waals surface area contributed by atoms with Crippen molar-refractivity contribution in [3.63, 3.8) is 0 Å². The number of aliphatic hydroxyl groups is 1. The molecule has 2 atom stereocenters. The summed E-state index contributed by atoms with van der Waals surface area (Å²) in [4.78, 5) is 15.1. The Morgan fingerprint density at radius 3 is 3.05 bits per heavy atom. The lowest BCUT2D eigenvalue weighted by atomic mass is 10.1. The Hall–Kier alpha value is -1.85. The van der Waals surface area contributed by atoms with E-state index < -0.39 is 6.10 Å². The van der Waals surface area contributed by atoms with Crippen molar-refractivity contribution in [3.05, 3.63) is 36.0 Å². The van der Waals surface area contributed by atoms with Crippen LogP contribution in [0.3, 0.4) is 0 Å². The molecule has 0 radical (unpaired) electrons. The van der Waals surface area contributed by atoms with Crippen LogP contribution in [0.25, 0.3) is 10.9 Å². The van der Waals surface area contributed by atoms with Crippen LogP contribution in [-0.4, -0.2) is 41.2 Å². The fourth-order valence-electron chi connectivity index (χ4n) is 2.70. The van der Waals surface area contributed by atoms with E-state index in [1.807, 2.05) is 24.4 Å². The van der Waals surface area contributed by atoms with Gasteiger partial charge in [-0.2, -0.15) is 0 Å². The Kier molecular flexibility index (Phi) is 3.71. The summed E-state index contributed by atoms with van der Waals surface area (Å²) in [6.07, 6.45) is 2.89. The van der Waals surface area contributed by atoms with Gasteiger partial charge in [-0.3, -0.25) is 4.79 Å². The van der Waals surface area contributed by atoms with Crippen LogP contribution >= 0.6 is 0 Å². The number of fused-ring (bicyclic) bond motifs is 1. The van der Waals surface area contributed by atoms with Crippen molar-refractivity contribution in [2.45, 2.75) is 25.0 Å². The summed E-state index contributed by atoms with van der Waals surface area (Å²) in [6, 6.07) is 7.89. The quantitative estimate of drug-likeness (QED) is 0.657. The summed E-state index contributed by atoms with van der Waals surface area (Å²) in [5.74, 6) is -0.0265. The van der Waals surface area contributed by atoms with Gasteiger partial charge in [-0.05, 0) is 24.5 Å². The van der Waals surface area contributed by atoms with Crippen LogP contribution in [0.5, 0.6) is 0 Å². The summed E-state index contributed by atoms with van der Waals surface area (Å²) >= 11 is 0. The van der Waals surface area contributed by atoms with Crippen LogP contribution in [0.1, 0.15) is 12.0 Å². The average molecular weight is 273 g/mol. The van der Waals surface area contributed by atoms with Gasteiger partial charge in [-0.1, -0.05) is 18.2 Å². The number of amides is 1. The van der Waals surface area contributed by atoms with Crippen molar-refractivity contribution in [2.75, 3.05) is 13.1 Å². The van der Waals surface area contributed by atoms with Crippen molar-refractivity contribution in [3.8, 4) is 0 Å². The van der Waals surface area contributed by atoms with Crippen LogP contribution in [0.15, 0.2) is 30.5 Å². The monoisotopic (exact) mass is 273 g/mol. The predicted molar refractivity (Wildman–Crippen MR) is 77.4 cm³/mol. The van der Waals surface area contributed by atoms with E-state index >= 15 is 0 Å². The molecule has 1 aliphatic rings. The van der Waals surface area contributed by atoms with Crippen LogP contribution in [-0.2, 0) is 11.2 Å². The van der Waals surface area contributed by atoms with Gasteiger partial charge in [0.15, 0.2) is 0 Å². The molecule has 20 heavy (non-hydrogen) atoms. The van der Waals surface area contributed by atoms with Crippen LogP contribution in [0.4, 0.5) is 0 Å². The highest BCUT2D eigenvalue weighted by Crippen LogP contribution is 2.17. The third-order valence-electron chi connectivity index (χ3n) is 3.79. The van der Waals surface area contributed by atoms with Gasteiger partial charge >= 0.3 is 0 Å². The topological polar surface area (TPSA) is 77.2 Å². The summed E-state index contributed by atoms with van der Waals surface area (Å²) < 4.78 is 0. The molecule has 1 aromatic heterocycles. The molecular formula is C15H19N3O2. The third kappa shape index (κ3) is 2.69. The number of carbonyl (C=O) groups excluding carboxylic acids is 1. The Balaban J connectivity index is 1.54. The first kappa shape index (κ1) is 13.1. The number of nitrogens with one attached hydrogen (secondary N) is 3. The molecule has 1 aromatic carbocycles. The van der Waals surface area contributed by atoms with Crippen molar-refractivity contribution in [1.82, 2.24) is 15.6 Å². The molecule has 2 aromatic rings. The molecular weight excluding hydrogens is 254 g/mol. The summed E-state index contributed by atoms with van der Waals surface area (Å²) in [7, 11) is 0. The van der Waals surface area contributed by atoms with Crippen molar-refractivity contribution < 1.29 is 9.90 Å². The second kappa shape index (κ2) is 5.64. The van der Waals surface area contributed by atoms with Gasteiger partial charge in [-0.15, -0.1) is 0 Å². The average Bonchev–Trinajstić information content (AvgIpc) is 3.06. The fraction of sp³-hybridized carbons (Fsp3) is 0.400. The summed E-state index contributed by atoms with van der Waals surface area (Å²) in [6.45, 7) is 1.11. The molecule has 0 aliphatic carbocycles. The Morgan fingerprint density at radius 2 is 2.25 bits per heavy atom. The number of aromatic amines is 1. The largest absolute Gasteiger partial charge is 0.392 e. The number of aromatic nitrogens is 1. The summed E-state index contributed by atoms with van der Waals surface area (Å²) in [5.41, 5.74) is 2.33. The molecule has 1 fully saturated rings. The first-order valence-electron chi connectivity index (χ1n) is 6.98. The molecule has 5 nitrogen and oxygen atoms in total. The van der Waals surface area contributed by atoms with Gasteiger partial charge in [0.05, 0.1) is 12.1 Å². The molecule has 3 rings (SSSR count). The Morgan fingerprint density at radius 1 is 1.40 bits per heavy atom. The number of hydrogen-bond acceptors (Lipinski definition) is 3. The maximum atomic E-state index is 11.9. The van der Waals surface area contributed by atoms with Gasteiger partial charge in [0.25, 0.3) is 0 Å². The van der Waals surface area contributed by atoms with E-state index in [0.717, 1.165) is 11.9 Å². The molecule has 106 valence electrons. The zero-order valence-corrected chi connectivity index (χ0v) is 11.2. The van der Waals surface area contributed by atoms with Crippen LogP contribution in [0.2, 0.25) is 0 Å². The van der Waals surface area contributed by atoms with Crippen LogP contribution < -0.4 is 10.6 Å². The zero-order valence-electron chi connectivity index (χ0n) is 11.2. The van der Waals surface area contributed by atoms with Gasteiger partial charge in [-0.25, -0.2) is 0 Å². The highest BCUT2D eigenvalue weighted by Gasteiger charge is 2.27. The minimum atomic E-state index is -0.403. The van der Waals surface area contributed by atoms with E-state index in [1.165, 1.54) is 10.9 Å². The molecule has 0 saturated carbocycles. The highest BCUT2D eigenvalue weighted by molar-refractivity contribution is 5.84. The molecule has 5 heteroatoms. The van der Waals surface area contributed by atoms with E-state index in [1.54, 1.807) is 0 Å². The number of benzene rings is 1. The van der Waals surface area contributed by atoms with Gasteiger partial charge in [0, 0.05) is 30.2 Å². The predicted octanol–water partition coefficient (Wildman–Crippen LogP) is 0.549. The second-order valence-corrected chi connectivity index (χ2v) is 5.25. The van der Waals surface area contributed by atoms with E-state index in [9.17, 15) is 9.90 Å². The first-order chi connectivity index (χ1) is 9.74.